The molecule has 0 bridgehead atoms. The second kappa shape index (κ2) is 6.04. The average Bonchev–Trinajstić information content (AvgIpc) is 2.34. The molecule has 3 nitrogen and oxygen atoms in total. The van der Waals surface area contributed by atoms with E-state index in [4.69, 9.17) is 0 Å². The number of halogens is 1. The van der Waals surface area contributed by atoms with Crippen LogP contribution in [0.3, 0.4) is 0 Å². The van der Waals surface area contributed by atoms with Crippen molar-refractivity contribution in [1.29, 1.82) is 0 Å². The lowest BCUT2D eigenvalue weighted by atomic mass is 10.1. The number of piperazine rings is 1. The van der Waals surface area contributed by atoms with E-state index >= 15 is 0 Å². The van der Waals surface area contributed by atoms with Gasteiger partial charge in [-0.05, 0) is 38.7 Å². The van der Waals surface area contributed by atoms with Crippen molar-refractivity contribution in [3.05, 3.63) is 28.2 Å². The number of benzene rings is 1. The summed E-state index contributed by atoms with van der Waals surface area (Å²) in [6.45, 7) is 6.50. The molecule has 1 aromatic carbocycles. The maximum atomic E-state index is 3.63. The van der Waals surface area contributed by atoms with Gasteiger partial charge in [0.05, 0.1) is 6.04 Å². The van der Waals surface area contributed by atoms with Gasteiger partial charge in [0.25, 0.3) is 0 Å². The summed E-state index contributed by atoms with van der Waals surface area (Å²) in [5.74, 6) is 0. The predicted octanol–water partition coefficient (Wildman–Crippen LogP) is 2.10. The Kier molecular flexibility index (Phi) is 4.65. The first-order chi connectivity index (χ1) is 8.61. The van der Waals surface area contributed by atoms with Gasteiger partial charge in [0.2, 0.25) is 0 Å². The van der Waals surface area contributed by atoms with Crippen molar-refractivity contribution in [2.75, 3.05) is 45.2 Å². The summed E-state index contributed by atoms with van der Waals surface area (Å²) in [4.78, 5) is 4.92. The van der Waals surface area contributed by atoms with Crippen LogP contribution in [-0.4, -0.2) is 51.2 Å². The van der Waals surface area contributed by atoms with E-state index in [-0.39, 0.29) is 0 Å². The van der Waals surface area contributed by atoms with Gasteiger partial charge in [0, 0.05) is 36.3 Å². The zero-order chi connectivity index (χ0) is 13.1. The molecule has 1 aliphatic rings. The highest BCUT2D eigenvalue weighted by molar-refractivity contribution is 9.10. The van der Waals surface area contributed by atoms with Crippen molar-refractivity contribution < 1.29 is 0 Å². The lowest BCUT2D eigenvalue weighted by Crippen LogP contribution is -2.55. The van der Waals surface area contributed by atoms with Crippen LogP contribution >= 0.6 is 15.9 Å². The van der Waals surface area contributed by atoms with Gasteiger partial charge in [-0.1, -0.05) is 22.0 Å². The molecule has 1 heterocycles. The molecular formula is C14H22BrN3. The van der Waals surface area contributed by atoms with E-state index in [1.807, 2.05) is 7.05 Å². The number of aryl methyl sites for hydroxylation is 1. The van der Waals surface area contributed by atoms with Gasteiger partial charge in [-0.25, -0.2) is 0 Å². The summed E-state index contributed by atoms with van der Waals surface area (Å²) in [6.07, 6.45) is 0. The molecule has 1 fully saturated rings. The summed E-state index contributed by atoms with van der Waals surface area (Å²) in [5, 5.41) is 3.30. The largest absolute Gasteiger partial charge is 0.365 e. The van der Waals surface area contributed by atoms with Crippen molar-refractivity contribution in [2.24, 2.45) is 0 Å². The first-order valence-corrected chi connectivity index (χ1v) is 7.27. The van der Waals surface area contributed by atoms with E-state index in [1.54, 1.807) is 0 Å². The van der Waals surface area contributed by atoms with Crippen LogP contribution in [0.1, 0.15) is 5.56 Å². The number of nitrogens with zero attached hydrogens (tertiary/aromatic N) is 2. The number of rotatable bonds is 3. The molecule has 1 aliphatic heterocycles. The molecule has 1 unspecified atom stereocenters. The minimum Gasteiger partial charge on any atom is -0.365 e. The van der Waals surface area contributed by atoms with Gasteiger partial charge < -0.3 is 15.1 Å². The maximum absolute atomic E-state index is 3.63. The SMILES string of the molecule is CNCC1CN(C)CCN1c1ccc(C)c(Br)c1. The molecule has 1 aromatic rings. The highest BCUT2D eigenvalue weighted by Gasteiger charge is 2.24. The third-order valence-corrected chi connectivity index (χ3v) is 4.47. The molecule has 100 valence electrons. The lowest BCUT2D eigenvalue weighted by molar-refractivity contribution is 0.265. The summed E-state index contributed by atoms with van der Waals surface area (Å²) in [5.41, 5.74) is 2.61. The van der Waals surface area contributed by atoms with E-state index < -0.39 is 0 Å². The van der Waals surface area contributed by atoms with Crippen LogP contribution in [0.4, 0.5) is 5.69 Å². The fourth-order valence-electron chi connectivity index (χ4n) is 2.52. The molecule has 0 aromatic heterocycles. The third kappa shape index (κ3) is 3.05. The molecule has 0 amide bonds. The molecule has 2 rings (SSSR count). The van der Waals surface area contributed by atoms with Gasteiger partial charge in [0.1, 0.15) is 0 Å². The maximum Gasteiger partial charge on any atom is 0.0541 e. The molecule has 0 aliphatic carbocycles. The molecule has 0 radical (unpaired) electrons. The predicted molar refractivity (Wildman–Crippen MR) is 81.4 cm³/mol. The highest BCUT2D eigenvalue weighted by atomic mass is 79.9. The molecule has 1 N–H and O–H groups in total. The molecule has 1 saturated heterocycles. The second-order valence-electron chi connectivity index (χ2n) is 5.10. The average molecular weight is 312 g/mol. The molecule has 0 saturated carbocycles. The van der Waals surface area contributed by atoms with Crippen molar-refractivity contribution >= 4 is 21.6 Å². The molecule has 1 atom stereocenters. The quantitative estimate of drug-likeness (QED) is 0.922. The van der Waals surface area contributed by atoms with E-state index in [0.29, 0.717) is 6.04 Å². The Morgan fingerprint density at radius 3 is 2.83 bits per heavy atom. The normalized spacial score (nSPS) is 21.3. The highest BCUT2D eigenvalue weighted by Crippen LogP contribution is 2.26. The van der Waals surface area contributed by atoms with E-state index in [9.17, 15) is 0 Å². The Balaban J connectivity index is 2.20. The topological polar surface area (TPSA) is 18.5 Å². The zero-order valence-corrected chi connectivity index (χ0v) is 13.0. The fraction of sp³-hybridized carbons (Fsp3) is 0.571. The number of anilines is 1. The molecule has 0 spiro atoms. The molecule has 4 heteroatoms. The summed E-state index contributed by atoms with van der Waals surface area (Å²) in [7, 11) is 4.23. The van der Waals surface area contributed by atoms with E-state index in [0.717, 1.165) is 26.2 Å². The van der Waals surface area contributed by atoms with E-state index in [1.165, 1.54) is 15.7 Å². The monoisotopic (exact) mass is 311 g/mol. The minimum absolute atomic E-state index is 0.545. The number of likely N-dealkylation sites (N-methyl/N-ethyl adjacent to an activating group) is 2. The number of hydrogen-bond acceptors (Lipinski definition) is 3. The fourth-order valence-corrected chi connectivity index (χ4v) is 2.89. The van der Waals surface area contributed by atoms with Crippen molar-refractivity contribution in [2.45, 2.75) is 13.0 Å². The van der Waals surface area contributed by atoms with Gasteiger partial charge in [-0.15, -0.1) is 0 Å². The van der Waals surface area contributed by atoms with Crippen LogP contribution in [0.15, 0.2) is 22.7 Å². The van der Waals surface area contributed by atoms with Crippen LogP contribution in [0.5, 0.6) is 0 Å². The Bertz CT molecular complexity index is 408. The molecular weight excluding hydrogens is 290 g/mol. The Labute approximate surface area is 118 Å². The second-order valence-corrected chi connectivity index (χ2v) is 5.95. The van der Waals surface area contributed by atoms with Crippen LogP contribution < -0.4 is 10.2 Å². The first kappa shape index (κ1) is 13.8. The molecule has 18 heavy (non-hydrogen) atoms. The van der Waals surface area contributed by atoms with Gasteiger partial charge in [-0.3, -0.25) is 0 Å². The van der Waals surface area contributed by atoms with Crippen molar-refractivity contribution in [3.63, 3.8) is 0 Å². The van der Waals surface area contributed by atoms with Gasteiger partial charge in [0.15, 0.2) is 0 Å². The number of hydrogen-bond donors (Lipinski definition) is 1. The third-order valence-electron chi connectivity index (χ3n) is 3.61. The standard InChI is InChI=1S/C14H22BrN3/c1-11-4-5-12(8-14(11)15)18-7-6-17(3)10-13(18)9-16-2/h4-5,8,13,16H,6-7,9-10H2,1-3H3. The van der Waals surface area contributed by atoms with Gasteiger partial charge in [-0.2, -0.15) is 0 Å². The van der Waals surface area contributed by atoms with Crippen LogP contribution in [0.25, 0.3) is 0 Å². The van der Waals surface area contributed by atoms with Crippen LogP contribution in [0.2, 0.25) is 0 Å². The van der Waals surface area contributed by atoms with Crippen LogP contribution in [-0.2, 0) is 0 Å². The minimum atomic E-state index is 0.545. The Morgan fingerprint density at radius 1 is 1.39 bits per heavy atom. The smallest absolute Gasteiger partial charge is 0.0541 e. The van der Waals surface area contributed by atoms with Crippen molar-refractivity contribution in [1.82, 2.24) is 10.2 Å². The summed E-state index contributed by atoms with van der Waals surface area (Å²) >= 11 is 3.63. The Hall–Kier alpha value is -0.580. The lowest BCUT2D eigenvalue weighted by Gasteiger charge is -2.41. The van der Waals surface area contributed by atoms with Gasteiger partial charge >= 0.3 is 0 Å². The van der Waals surface area contributed by atoms with Crippen molar-refractivity contribution in [3.8, 4) is 0 Å². The number of nitrogens with one attached hydrogen (secondary N) is 1. The summed E-state index contributed by atoms with van der Waals surface area (Å²) in [6, 6.07) is 7.20. The zero-order valence-electron chi connectivity index (χ0n) is 11.4. The van der Waals surface area contributed by atoms with E-state index in [2.05, 4.69) is 63.2 Å². The first-order valence-electron chi connectivity index (χ1n) is 6.47. The van der Waals surface area contributed by atoms with Crippen LogP contribution in [0, 0.1) is 6.92 Å². The Morgan fingerprint density at radius 2 is 2.17 bits per heavy atom. The summed E-state index contributed by atoms with van der Waals surface area (Å²) < 4.78 is 1.20.